The van der Waals surface area contributed by atoms with Crippen LogP contribution >= 0.6 is 15.9 Å². The van der Waals surface area contributed by atoms with Crippen LogP contribution in [0.25, 0.3) is 6.08 Å². The zero-order chi connectivity index (χ0) is 24.1. The van der Waals surface area contributed by atoms with Gasteiger partial charge in [0.2, 0.25) is 0 Å². The summed E-state index contributed by atoms with van der Waals surface area (Å²) in [5.41, 5.74) is 0.975. The quantitative estimate of drug-likeness (QED) is 0.314. The molecule has 0 aromatic heterocycles. The zero-order valence-corrected chi connectivity index (χ0v) is 19.0. The van der Waals surface area contributed by atoms with Crippen molar-refractivity contribution < 1.29 is 33.8 Å². The largest absolute Gasteiger partial charge is 0.493 e. The van der Waals surface area contributed by atoms with Crippen molar-refractivity contribution >= 4 is 51.5 Å². The van der Waals surface area contributed by atoms with E-state index >= 15 is 0 Å². The van der Waals surface area contributed by atoms with Crippen LogP contribution in [0.1, 0.15) is 11.1 Å². The van der Waals surface area contributed by atoms with Gasteiger partial charge < -0.3 is 14.6 Å². The third kappa shape index (κ3) is 5.29. The second kappa shape index (κ2) is 10.1. The van der Waals surface area contributed by atoms with Crippen molar-refractivity contribution in [3.8, 4) is 11.5 Å². The molecule has 0 atom stereocenters. The summed E-state index contributed by atoms with van der Waals surface area (Å²) in [5, 5.41) is 11.1. The van der Waals surface area contributed by atoms with Gasteiger partial charge in [0.15, 0.2) is 18.1 Å². The van der Waals surface area contributed by atoms with Crippen molar-refractivity contribution in [2.24, 2.45) is 0 Å². The molecule has 170 valence electrons. The van der Waals surface area contributed by atoms with Crippen LogP contribution in [0.4, 0.5) is 10.5 Å². The van der Waals surface area contributed by atoms with Gasteiger partial charge in [-0.25, -0.2) is 14.5 Å². The van der Waals surface area contributed by atoms with Crippen molar-refractivity contribution in [2.75, 3.05) is 18.6 Å². The standard InChI is InChI=1S/C23H19BrN2O7/c1-3-5-14-8-13(10-18(32-2)20(14)33-12-19(27)28)9-17-21(29)25-23(31)26(22(17)30)16-7-4-6-15(24)11-16/h3-4,6-11H,1,5,12H2,2H3,(H,27,28)(H,25,29,31)/b17-9+. The molecule has 33 heavy (non-hydrogen) atoms. The minimum Gasteiger partial charge on any atom is -0.493 e. The number of imide groups is 2. The predicted octanol–water partition coefficient (Wildman–Crippen LogP) is 3.32. The number of carbonyl (C=O) groups is 4. The van der Waals surface area contributed by atoms with E-state index in [1.807, 2.05) is 0 Å². The van der Waals surface area contributed by atoms with Crippen LogP contribution in [0.15, 0.2) is 59.1 Å². The van der Waals surface area contributed by atoms with Crippen LogP contribution in [0.2, 0.25) is 0 Å². The molecule has 3 rings (SSSR count). The molecule has 2 N–H and O–H groups in total. The topological polar surface area (TPSA) is 122 Å². The molecule has 0 aliphatic carbocycles. The highest BCUT2D eigenvalue weighted by Gasteiger charge is 2.37. The Kier molecular flexibility index (Phi) is 7.29. The number of carbonyl (C=O) groups excluding carboxylic acids is 3. The van der Waals surface area contributed by atoms with Gasteiger partial charge in [0.05, 0.1) is 12.8 Å². The van der Waals surface area contributed by atoms with Gasteiger partial charge in [-0.3, -0.25) is 14.9 Å². The predicted molar refractivity (Wildman–Crippen MR) is 123 cm³/mol. The number of allylic oxidation sites excluding steroid dienone is 1. The van der Waals surface area contributed by atoms with Crippen LogP contribution in [0.5, 0.6) is 11.5 Å². The molecule has 10 heteroatoms. The lowest BCUT2D eigenvalue weighted by molar-refractivity contribution is -0.139. The fourth-order valence-electron chi connectivity index (χ4n) is 3.20. The van der Waals surface area contributed by atoms with E-state index in [9.17, 15) is 19.2 Å². The fourth-order valence-corrected chi connectivity index (χ4v) is 3.58. The summed E-state index contributed by atoms with van der Waals surface area (Å²) in [5.74, 6) is -2.36. The molecule has 1 saturated heterocycles. The van der Waals surface area contributed by atoms with E-state index in [4.69, 9.17) is 14.6 Å². The van der Waals surface area contributed by atoms with Crippen LogP contribution in [-0.2, 0) is 20.8 Å². The monoisotopic (exact) mass is 514 g/mol. The first kappa shape index (κ1) is 23.7. The van der Waals surface area contributed by atoms with E-state index in [1.54, 1.807) is 36.4 Å². The van der Waals surface area contributed by atoms with Crippen molar-refractivity contribution in [3.05, 3.63) is 70.2 Å². The number of barbiturate groups is 1. The second-order valence-corrected chi connectivity index (χ2v) is 7.74. The summed E-state index contributed by atoms with van der Waals surface area (Å²) in [4.78, 5) is 49.7. The number of halogens is 1. The zero-order valence-electron chi connectivity index (χ0n) is 17.5. The summed E-state index contributed by atoms with van der Waals surface area (Å²) >= 11 is 3.29. The molecule has 2 aromatic carbocycles. The number of benzene rings is 2. The van der Waals surface area contributed by atoms with Gasteiger partial charge in [-0.1, -0.05) is 28.1 Å². The van der Waals surface area contributed by atoms with Crippen molar-refractivity contribution in [2.45, 2.75) is 6.42 Å². The molecule has 0 saturated carbocycles. The van der Waals surface area contributed by atoms with Crippen LogP contribution in [0, 0.1) is 0 Å². The molecule has 9 nitrogen and oxygen atoms in total. The summed E-state index contributed by atoms with van der Waals surface area (Å²) < 4.78 is 11.3. The number of aliphatic carboxylic acids is 1. The number of anilines is 1. The van der Waals surface area contributed by atoms with E-state index in [0.717, 1.165) is 4.90 Å². The SMILES string of the molecule is C=CCc1cc(/C=C2\C(=O)NC(=O)N(c3cccc(Br)c3)C2=O)cc(OC)c1OCC(=O)O. The highest BCUT2D eigenvalue weighted by atomic mass is 79.9. The number of rotatable bonds is 8. The van der Waals surface area contributed by atoms with Gasteiger partial charge in [0, 0.05) is 10.0 Å². The van der Waals surface area contributed by atoms with Crippen molar-refractivity contribution in [1.82, 2.24) is 5.32 Å². The lowest BCUT2D eigenvalue weighted by Crippen LogP contribution is -2.54. The molecule has 1 fully saturated rings. The summed E-state index contributed by atoms with van der Waals surface area (Å²) in [6.45, 7) is 3.10. The average Bonchev–Trinajstić information content (AvgIpc) is 2.75. The highest BCUT2D eigenvalue weighted by molar-refractivity contribution is 9.10. The maximum absolute atomic E-state index is 13.1. The summed E-state index contributed by atoms with van der Waals surface area (Å²) in [7, 11) is 1.38. The Balaban J connectivity index is 2.06. The van der Waals surface area contributed by atoms with Gasteiger partial charge in [-0.15, -0.1) is 6.58 Å². The molecule has 4 amide bonds. The van der Waals surface area contributed by atoms with E-state index in [1.165, 1.54) is 19.3 Å². The number of amides is 4. The van der Waals surface area contributed by atoms with Gasteiger partial charge in [0.1, 0.15) is 5.57 Å². The smallest absolute Gasteiger partial charge is 0.341 e. The molecular formula is C23H19BrN2O7. The molecule has 2 aromatic rings. The van der Waals surface area contributed by atoms with Gasteiger partial charge in [-0.05, 0) is 48.4 Å². The number of ether oxygens (including phenoxy) is 2. The Labute approximate surface area is 197 Å². The number of methoxy groups -OCH3 is 1. The van der Waals surface area contributed by atoms with E-state index in [2.05, 4.69) is 27.8 Å². The van der Waals surface area contributed by atoms with Crippen LogP contribution in [-0.4, -0.2) is 42.6 Å². The minimum absolute atomic E-state index is 0.214. The lowest BCUT2D eigenvalue weighted by atomic mass is 10.0. The van der Waals surface area contributed by atoms with Crippen molar-refractivity contribution in [1.29, 1.82) is 0 Å². The molecule has 1 aliphatic heterocycles. The van der Waals surface area contributed by atoms with Crippen LogP contribution in [0.3, 0.4) is 0 Å². The third-order valence-corrected chi connectivity index (χ3v) is 5.05. The molecule has 0 unspecified atom stereocenters. The Morgan fingerprint density at radius 3 is 2.64 bits per heavy atom. The van der Waals surface area contributed by atoms with Crippen LogP contribution < -0.4 is 19.7 Å². The number of nitrogens with one attached hydrogen (secondary N) is 1. The Bertz CT molecular complexity index is 1190. The van der Waals surface area contributed by atoms with Gasteiger partial charge >= 0.3 is 12.0 Å². The average molecular weight is 515 g/mol. The highest BCUT2D eigenvalue weighted by Crippen LogP contribution is 2.35. The van der Waals surface area contributed by atoms with E-state index in [-0.39, 0.29) is 22.8 Å². The van der Waals surface area contributed by atoms with E-state index < -0.39 is 30.4 Å². The second-order valence-electron chi connectivity index (χ2n) is 6.82. The number of urea groups is 1. The number of hydrogen-bond donors (Lipinski definition) is 2. The molecule has 0 bridgehead atoms. The first-order chi connectivity index (χ1) is 15.7. The fraction of sp³-hybridized carbons (Fsp3) is 0.130. The Morgan fingerprint density at radius 2 is 2.00 bits per heavy atom. The van der Waals surface area contributed by atoms with Crippen molar-refractivity contribution in [3.63, 3.8) is 0 Å². The van der Waals surface area contributed by atoms with E-state index in [0.29, 0.717) is 22.0 Å². The molecular weight excluding hydrogens is 496 g/mol. The number of carboxylic acids is 1. The first-order valence-corrected chi connectivity index (χ1v) is 10.4. The minimum atomic E-state index is -1.16. The first-order valence-electron chi connectivity index (χ1n) is 9.58. The Morgan fingerprint density at radius 1 is 1.24 bits per heavy atom. The molecule has 0 spiro atoms. The maximum Gasteiger partial charge on any atom is 0.341 e. The third-order valence-electron chi connectivity index (χ3n) is 4.56. The molecule has 1 aliphatic rings. The molecule has 1 heterocycles. The Hall–Kier alpha value is -3.92. The van der Waals surface area contributed by atoms with Gasteiger partial charge in [0.25, 0.3) is 11.8 Å². The maximum atomic E-state index is 13.1. The lowest BCUT2D eigenvalue weighted by Gasteiger charge is -2.26. The molecule has 0 radical (unpaired) electrons. The number of hydrogen-bond acceptors (Lipinski definition) is 6. The number of carboxylic acid groups (broad SMARTS) is 1. The number of nitrogens with zero attached hydrogens (tertiary/aromatic N) is 1. The summed E-state index contributed by atoms with van der Waals surface area (Å²) in [6, 6.07) is 8.79. The van der Waals surface area contributed by atoms with Gasteiger partial charge in [-0.2, -0.15) is 0 Å². The summed E-state index contributed by atoms with van der Waals surface area (Å²) in [6.07, 6.45) is 3.22. The normalized spacial score (nSPS) is 14.8.